The summed E-state index contributed by atoms with van der Waals surface area (Å²) in [5.41, 5.74) is 0. The zero-order chi connectivity index (χ0) is 34.6. The van der Waals surface area contributed by atoms with Crippen molar-refractivity contribution in [3.8, 4) is 0 Å². The first-order valence-electron chi connectivity index (χ1n) is 15.3. The summed E-state index contributed by atoms with van der Waals surface area (Å²) < 4.78 is 10.7. The van der Waals surface area contributed by atoms with Gasteiger partial charge >= 0.3 is 0 Å². The van der Waals surface area contributed by atoms with E-state index in [-0.39, 0.29) is 29.7 Å². The Morgan fingerprint density at radius 1 is 0.956 bits per heavy atom. The number of nitrogens with one attached hydrogen (secondary N) is 3. The standard InChI is InChI=1S/C15H28N2O4.C6H9NO2.C6H9N.C4H9NO.CH4O/c1-16-7-9-21-11-10-20-8-6-15(19)17-14-4-2-13(12-18)3-5-14;1-7-3-5(4-8)2-6(7)9;1-3-4-5-6-7-2;1-5-3-2-4-6;1-2/h12-14,16H,2-11H2,1H3,(H,17,19);4-5H,2-3H2,1H3;3-6H,1H2,2H3;4-5H,2-3H2,1H3;2H,1H3/b;;5-4-,7-6?;;. The monoisotopic (exact) mass is 641 g/mol. The number of likely N-dealkylation sites (N-methyl/N-ethyl adjacent to an activating group) is 1. The Balaban J connectivity index is -0.000000602. The van der Waals surface area contributed by atoms with Crippen LogP contribution in [0.3, 0.4) is 0 Å². The molecular weight excluding hydrogens is 582 g/mol. The van der Waals surface area contributed by atoms with Gasteiger partial charge in [0.1, 0.15) is 18.9 Å². The fraction of sp³-hybridized carbons (Fsp3) is 0.688. The molecule has 1 aliphatic carbocycles. The van der Waals surface area contributed by atoms with Crippen molar-refractivity contribution in [3.63, 3.8) is 0 Å². The lowest BCUT2D eigenvalue weighted by atomic mass is 9.87. The summed E-state index contributed by atoms with van der Waals surface area (Å²) >= 11 is 0. The van der Waals surface area contributed by atoms with E-state index in [1.165, 1.54) is 0 Å². The van der Waals surface area contributed by atoms with Gasteiger partial charge in [-0.1, -0.05) is 18.7 Å². The Kier molecular flexibility index (Phi) is 38.2. The molecule has 0 aromatic rings. The minimum atomic E-state index is -0.0532. The second kappa shape index (κ2) is 37.1. The largest absolute Gasteiger partial charge is 0.400 e. The zero-order valence-corrected chi connectivity index (χ0v) is 28.1. The highest BCUT2D eigenvalue weighted by atomic mass is 16.5. The molecule has 2 rings (SSSR count). The van der Waals surface area contributed by atoms with Crippen molar-refractivity contribution < 1.29 is 38.6 Å². The van der Waals surface area contributed by atoms with Crippen LogP contribution in [-0.4, -0.2) is 134 Å². The van der Waals surface area contributed by atoms with Crippen molar-refractivity contribution >= 4 is 36.9 Å². The molecule has 4 N–H and O–H groups in total. The highest BCUT2D eigenvalue weighted by molar-refractivity contribution is 5.82. The summed E-state index contributed by atoms with van der Waals surface area (Å²) in [7, 11) is 8.15. The normalized spacial score (nSPS) is 18.6. The first-order chi connectivity index (χ1) is 21.8. The van der Waals surface area contributed by atoms with Gasteiger partial charge in [0, 0.05) is 84.2 Å². The zero-order valence-electron chi connectivity index (χ0n) is 28.1. The number of amides is 2. The lowest BCUT2D eigenvalue weighted by Gasteiger charge is -2.26. The van der Waals surface area contributed by atoms with Gasteiger partial charge in [-0.15, -0.1) is 0 Å². The highest BCUT2D eigenvalue weighted by Crippen LogP contribution is 2.22. The third-order valence-electron chi connectivity index (χ3n) is 6.23. The van der Waals surface area contributed by atoms with Crippen LogP contribution in [0.4, 0.5) is 0 Å². The third kappa shape index (κ3) is 32.1. The van der Waals surface area contributed by atoms with Gasteiger partial charge in [0.2, 0.25) is 11.8 Å². The average Bonchev–Trinajstić information content (AvgIpc) is 3.40. The van der Waals surface area contributed by atoms with E-state index in [1.807, 2.05) is 26.2 Å². The number of allylic oxidation sites excluding steroid dienone is 3. The second-order valence-electron chi connectivity index (χ2n) is 9.85. The molecule has 1 atom stereocenters. The van der Waals surface area contributed by atoms with Gasteiger partial charge in [0.05, 0.1) is 26.4 Å². The molecule has 0 aromatic heterocycles. The molecule has 0 bridgehead atoms. The average molecular weight is 642 g/mol. The van der Waals surface area contributed by atoms with E-state index in [9.17, 15) is 24.0 Å². The second-order valence-corrected chi connectivity index (χ2v) is 9.85. The molecule has 13 nitrogen and oxygen atoms in total. The molecule has 0 aromatic carbocycles. The molecule has 45 heavy (non-hydrogen) atoms. The molecule has 1 heterocycles. The minimum absolute atomic E-state index is 0.0284. The van der Waals surface area contributed by atoms with Crippen LogP contribution in [0.5, 0.6) is 0 Å². The maximum Gasteiger partial charge on any atom is 0.223 e. The molecule has 2 fully saturated rings. The van der Waals surface area contributed by atoms with Crippen molar-refractivity contribution in [3.05, 3.63) is 24.8 Å². The number of nitrogens with zero attached hydrogens (tertiary/aromatic N) is 2. The quantitative estimate of drug-likeness (QED) is 0.0776. The molecule has 1 unspecified atom stereocenters. The van der Waals surface area contributed by atoms with Crippen LogP contribution < -0.4 is 16.0 Å². The number of rotatable bonds is 17. The van der Waals surface area contributed by atoms with Gasteiger partial charge in [-0.3, -0.25) is 14.6 Å². The van der Waals surface area contributed by atoms with Gasteiger partial charge in [-0.25, -0.2) is 0 Å². The number of likely N-dealkylation sites (tertiary alicyclic amines) is 1. The Labute approximate surface area is 270 Å². The van der Waals surface area contributed by atoms with Gasteiger partial charge in [0.15, 0.2) is 0 Å². The molecule has 2 amide bonds. The van der Waals surface area contributed by atoms with E-state index in [1.54, 1.807) is 31.3 Å². The third-order valence-corrected chi connectivity index (χ3v) is 6.23. The molecule has 1 aliphatic heterocycles. The molecule has 260 valence electrons. The number of aliphatic imine (C=N–C) groups is 1. The van der Waals surface area contributed by atoms with Crippen LogP contribution in [0.2, 0.25) is 0 Å². The molecule has 0 radical (unpaired) electrons. The first-order valence-corrected chi connectivity index (χ1v) is 15.3. The van der Waals surface area contributed by atoms with Crippen molar-refractivity contribution in [2.45, 2.75) is 51.0 Å². The maximum absolute atomic E-state index is 11.7. The Hall–Kier alpha value is -3.10. The number of ether oxygens (including phenoxy) is 2. The summed E-state index contributed by atoms with van der Waals surface area (Å²) in [5.74, 6) is 0.236. The van der Waals surface area contributed by atoms with Crippen LogP contribution >= 0.6 is 0 Å². The summed E-state index contributed by atoms with van der Waals surface area (Å²) in [4.78, 5) is 58.0. The van der Waals surface area contributed by atoms with E-state index in [2.05, 4.69) is 27.5 Å². The number of carbonyl (C=O) groups is 5. The van der Waals surface area contributed by atoms with E-state index in [0.717, 1.165) is 64.7 Å². The van der Waals surface area contributed by atoms with Crippen LogP contribution in [0, 0.1) is 11.8 Å². The van der Waals surface area contributed by atoms with E-state index in [0.29, 0.717) is 52.2 Å². The van der Waals surface area contributed by atoms with Crippen molar-refractivity contribution in [2.75, 3.05) is 81.4 Å². The Bertz CT molecular complexity index is 802. The van der Waals surface area contributed by atoms with Gasteiger partial charge in [-0.05, 0) is 45.9 Å². The van der Waals surface area contributed by atoms with Crippen LogP contribution in [0.1, 0.15) is 44.9 Å². The lowest BCUT2D eigenvalue weighted by molar-refractivity contribution is -0.127. The maximum atomic E-state index is 11.7. The lowest BCUT2D eigenvalue weighted by Crippen LogP contribution is -2.38. The summed E-state index contributed by atoms with van der Waals surface area (Å²) in [6.07, 6.45) is 14.8. The van der Waals surface area contributed by atoms with E-state index < -0.39 is 0 Å². The van der Waals surface area contributed by atoms with E-state index >= 15 is 0 Å². The topological polar surface area (TPSA) is 176 Å². The number of aliphatic hydroxyl groups is 1. The predicted octanol–water partition coefficient (Wildman–Crippen LogP) is 0.999. The first kappa shape index (κ1) is 46.3. The van der Waals surface area contributed by atoms with Crippen LogP contribution in [0.15, 0.2) is 29.8 Å². The number of aldehydes is 3. The predicted molar refractivity (Wildman–Crippen MR) is 178 cm³/mol. The molecular formula is C32H59N5O8. The van der Waals surface area contributed by atoms with Crippen molar-refractivity contribution in [2.24, 2.45) is 16.8 Å². The summed E-state index contributed by atoms with van der Waals surface area (Å²) in [6.45, 7) is 7.87. The molecule has 1 saturated heterocycles. The smallest absolute Gasteiger partial charge is 0.223 e. The minimum Gasteiger partial charge on any atom is -0.400 e. The summed E-state index contributed by atoms with van der Waals surface area (Å²) in [6, 6.07) is 0.221. The number of hydrogen-bond donors (Lipinski definition) is 4. The molecule has 1 saturated carbocycles. The van der Waals surface area contributed by atoms with Crippen LogP contribution in [-0.2, 0) is 33.4 Å². The Morgan fingerprint density at radius 3 is 1.98 bits per heavy atom. The number of hydrogen-bond acceptors (Lipinski definition) is 11. The van der Waals surface area contributed by atoms with Crippen molar-refractivity contribution in [1.29, 1.82) is 0 Å². The fourth-order valence-corrected chi connectivity index (χ4v) is 3.77. The Morgan fingerprint density at radius 2 is 1.56 bits per heavy atom. The molecule has 2 aliphatic rings. The number of carbonyl (C=O) groups excluding carboxylic acids is 5. The highest BCUT2D eigenvalue weighted by Gasteiger charge is 2.25. The molecule has 13 heteroatoms. The number of aliphatic hydroxyl groups excluding tert-OH is 1. The fourth-order valence-electron chi connectivity index (χ4n) is 3.77. The van der Waals surface area contributed by atoms with Crippen molar-refractivity contribution in [1.82, 2.24) is 20.9 Å². The van der Waals surface area contributed by atoms with Gasteiger partial charge < -0.3 is 49.8 Å². The molecule has 0 spiro atoms. The SMILES string of the molecule is C=C/C=C\C=NC.CN1CC(C=O)CC1=O.CNCCC=O.CNCCOCCOCCC(=O)NC1CCC(C=O)CC1.CO. The van der Waals surface area contributed by atoms with E-state index in [4.69, 9.17) is 14.6 Å². The van der Waals surface area contributed by atoms with Gasteiger partial charge in [-0.2, -0.15) is 0 Å². The summed E-state index contributed by atoms with van der Waals surface area (Å²) in [5, 5.41) is 15.8. The van der Waals surface area contributed by atoms with Gasteiger partial charge in [0.25, 0.3) is 0 Å². The van der Waals surface area contributed by atoms with Crippen LogP contribution in [0.25, 0.3) is 0 Å².